The number of carbonyl (C=O) groups is 1. The molecule has 33 heavy (non-hydrogen) atoms. The van der Waals surface area contributed by atoms with Gasteiger partial charge in [-0.25, -0.2) is 0 Å². The first-order valence-electron chi connectivity index (χ1n) is 11.2. The van der Waals surface area contributed by atoms with E-state index in [4.69, 9.17) is 12.2 Å². The van der Waals surface area contributed by atoms with E-state index >= 15 is 0 Å². The van der Waals surface area contributed by atoms with Crippen molar-refractivity contribution in [1.82, 2.24) is 19.7 Å². The van der Waals surface area contributed by atoms with Crippen molar-refractivity contribution in [3.63, 3.8) is 0 Å². The van der Waals surface area contributed by atoms with Crippen LogP contribution in [0.15, 0.2) is 84.9 Å². The van der Waals surface area contributed by atoms with E-state index in [0.29, 0.717) is 23.7 Å². The molecular formula is C27H28N4OS. The second-order valence-electron chi connectivity index (χ2n) is 8.16. The molecule has 1 aromatic heterocycles. The van der Waals surface area contributed by atoms with Crippen molar-refractivity contribution >= 4 is 18.1 Å². The Morgan fingerprint density at radius 1 is 0.879 bits per heavy atom. The molecule has 1 amide bonds. The van der Waals surface area contributed by atoms with Gasteiger partial charge in [-0.2, -0.15) is 5.10 Å². The molecule has 4 aromatic rings. The molecule has 0 aliphatic carbocycles. The van der Waals surface area contributed by atoms with Gasteiger partial charge in [-0.3, -0.25) is 14.5 Å². The summed E-state index contributed by atoms with van der Waals surface area (Å²) in [6.07, 6.45) is 1.62. The van der Waals surface area contributed by atoms with Crippen molar-refractivity contribution in [3.8, 4) is 11.4 Å². The first-order valence-corrected chi connectivity index (χ1v) is 11.6. The van der Waals surface area contributed by atoms with Crippen molar-refractivity contribution in [2.75, 3.05) is 13.1 Å². The Morgan fingerprint density at radius 3 is 1.97 bits per heavy atom. The highest BCUT2D eigenvalue weighted by Crippen LogP contribution is 2.18. The number of aromatic amines is 1. The Morgan fingerprint density at radius 2 is 1.42 bits per heavy atom. The molecule has 1 heterocycles. The predicted octanol–water partition coefficient (Wildman–Crippen LogP) is 5.23. The third kappa shape index (κ3) is 6.05. The molecule has 1 N–H and O–H groups in total. The second kappa shape index (κ2) is 10.9. The van der Waals surface area contributed by atoms with Gasteiger partial charge in [-0.15, -0.1) is 0 Å². The van der Waals surface area contributed by atoms with E-state index in [1.54, 1.807) is 4.57 Å². The maximum atomic E-state index is 13.5. The number of amides is 1. The molecule has 4 rings (SSSR count). The fourth-order valence-corrected chi connectivity index (χ4v) is 4.00. The standard InChI is InChI=1S/C27H28N4OS/c1-21-12-14-24(15-13-21)26-28-29-27(33)31(26)20-25(32)30(18-16-22-8-4-2-5-9-22)19-17-23-10-6-3-7-11-23/h2-15H,16-20H2,1H3,(H,29,33). The second-order valence-corrected chi connectivity index (χ2v) is 8.54. The number of carbonyl (C=O) groups excluding carboxylic acids is 1. The minimum atomic E-state index is 0.0349. The smallest absolute Gasteiger partial charge is 0.242 e. The van der Waals surface area contributed by atoms with Crippen LogP contribution in [-0.4, -0.2) is 38.7 Å². The molecule has 3 aromatic carbocycles. The van der Waals surface area contributed by atoms with Gasteiger partial charge in [-0.05, 0) is 43.1 Å². The zero-order chi connectivity index (χ0) is 23.0. The van der Waals surface area contributed by atoms with E-state index in [2.05, 4.69) is 34.5 Å². The molecule has 0 saturated heterocycles. The predicted molar refractivity (Wildman–Crippen MR) is 134 cm³/mol. The van der Waals surface area contributed by atoms with Crippen molar-refractivity contribution in [2.45, 2.75) is 26.3 Å². The molecule has 0 atom stereocenters. The van der Waals surface area contributed by atoms with Crippen LogP contribution in [0.2, 0.25) is 0 Å². The summed E-state index contributed by atoms with van der Waals surface area (Å²) in [5.41, 5.74) is 4.54. The number of hydrogen-bond donors (Lipinski definition) is 1. The summed E-state index contributed by atoms with van der Waals surface area (Å²) >= 11 is 5.46. The Kier molecular flexibility index (Phi) is 7.47. The SMILES string of the molecule is Cc1ccc(-c2n[nH]c(=S)n2CC(=O)N(CCc2ccccc2)CCc2ccccc2)cc1. The molecule has 0 radical (unpaired) electrons. The van der Waals surface area contributed by atoms with Crippen LogP contribution in [0.5, 0.6) is 0 Å². The summed E-state index contributed by atoms with van der Waals surface area (Å²) in [4.78, 5) is 15.4. The minimum absolute atomic E-state index is 0.0349. The van der Waals surface area contributed by atoms with Gasteiger partial charge in [0.25, 0.3) is 0 Å². The third-order valence-corrected chi connectivity index (χ3v) is 6.05. The number of aryl methyl sites for hydroxylation is 1. The van der Waals surface area contributed by atoms with Crippen LogP contribution in [0.25, 0.3) is 11.4 Å². The molecule has 168 valence electrons. The molecule has 0 fully saturated rings. The number of benzene rings is 3. The van der Waals surface area contributed by atoms with Crippen LogP contribution in [0.4, 0.5) is 0 Å². The largest absolute Gasteiger partial charge is 0.340 e. The average molecular weight is 457 g/mol. The fraction of sp³-hybridized carbons (Fsp3) is 0.222. The first kappa shape index (κ1) is 22.7. The summed E-state index contributed by atoms with van der Waals surface area (Å²) in [7, 11) is 0. The van der Waals surface area contributed by atoms with Crippen molar-refractivity contribution in [3.05, 3.63) is 106 Å². The van der Waals surface area contributed by atoms with Crippen LogP contribution in [0, 0.1) is 11.7 Å². The summed E-state index contributed by atoms with van der Waals surface area (Å²) in [6.45, 7) is 3.51. The summed E-state index contributed by atoms with van der Waals surface area (Å²) in [5.74, 6) is 0.715. The number of H-pyrrole nitrogens is 1. The lowest BCUT2D eigenvalue weighted by atomic mass is 10.1. The van der Waals surface area contributed by atoms with Gasteiger partial charge in [0.1, 0.15) is 6.54 Å². The van der Waals surface area contributed by atoms with Crippen molar-refractivity contribution < 1.29 is 4.79 Å². The van der Waals surface area contributed by atoms with E-state index in [1.807, 2.05) is 72.5 Å². The van der Waals surface area contributed by atoms with Crippen molar-refractivity contribution in [2.24, 2.45) is 0 Å². The highest BCUT2D eigenvalue weighted by atomic mass is 32.1. The molecule has 0 saturated carbocycles. The van der Waals surface area contributed by atoms with E-state index in [1.165, 1.54) is 16.7 Å². The number of nitrogens with one attached hydrogen (secondary N) is 1. The molecule has 5 nitrogen and oxygen atoms in total. The van der Waals surface area contributed by atoms with Gasteiger partial charge in [0.05, 0.1) is 0 Å². The molecule has 0 bridgehead atoms. The zero-order valence-corrected chi connectivity index (χ0v) is 19.6. The van der Waals surface area contributed by atoms with E-state index in [0.717, 1.165) is 18.4 Å². The summed E-state index contributed by atoms with van der Waals surface area (Å²) in [6, 6.07) is 28.6. The van der Waals surface area contributed by atoms with Crippen LogP contribution < -0.4 is 0 Å². The highest BCUT2D eigenvalue weighted by Gasteiger charge is 2.18. The quantitative estimate of drug-likeness (QED) is 0.351. The van der Waals surface area contributed by atoms with E-state index in [9.17, 15) is 4.79 Å². The summed E-state index contributed by atoms with van der Waals surface area (Å²) < 4.78 is 2.24. The van der Waals surface area contributed by atoms with Crippen molar-refractivity contribution in [1.29, 1.82) is 0 Å². The number of aromatic nitrogens is 3. The van der Waals surface area contributed by atoms with Gasteiger partial charge in [0.15, 0.2) is 10.6 Å². The van der Waals surface area contributed by atoms with Crippen LogP contribution >= 0.6 is 12.2 Å². The molecule has 0 aliphatic rings. The molecule has 0 unspecified atom stereocenters. The average Bonchev–Trinajstić information content (AvgIpc) is 3.20. The monoisotopic (exact) mass is 456 g/mol. The maximum absolute atomic E-state index is 13.5. The van der Waals surface area contributed by atoms with E-state index < -0.39 is 0 Å². The van der Waals surface area contributed by atoms with Gasteiger partial charge < -0.3 is 4.90 Å². The zero-order valence-electron chi connectivity index (χ0n) is 18.8. The molecular weight excluding hydrogens is 428 g/mol. The van der Waals surface area contributed by atoms with Crippen LogP contribution in [-0.2, 0) is 24.2 Å². The van der Waals surface area contributed by atoms with Gasteiger partial charge in [0, 0.05) is 18.7 Å². The molecule has 0 spiro atoms. The first-order chi connectivity index (χ1) is 16.1. The normalized spacial score (nSPS) is 10.8. The van der Waals surface area contributed by atoms with Gasteiger partial charge in [0.2, 0.25) is 5.91 Å². The third-order valence-electron chi connectivity index (χ3n) is 5.74. The lowest BCUT2D eigenvalue weighted by Crippen LogP contribution is -2.37. The van der Waals surface area contributed by atoms with Crippen LogP contribution in [0.1, 0.15) is 16.7 Å². The number of nitrogens with zero attached hydrogens (tertiary/aromatic N) is 3. The molecule has 6 heteroatoms. The topological polar surface area (TPSA) is 53.9 Å². The lowest BCUT2D eigenvalue weighted by Gasteiger charge is -2.23. The Bertz CT molecular complexity index is 1190. The molecule has 0 aliphatic heterocycles. The Labute approximate surface area is 199 Å². The van der Waals surface area contributed by atoms with Crippen LogP contribution in [0.3, 0.4) is 0 Å². The number of hydrogen-bond acceptors (Lipinski definition) is 3. The fourth-order valence-electron chi connectivity index (χ4n) is 3.80. The van der Waals surface area contributed by atoms with E-state index in [-0.39, 0.29) is 12.5 Å². The summed E-state index contributed by atoms with van der Waals surface area (Å²) in [5, 5.41) is 7.25. The Hall–Kier alpha value is -3.51. The lowest BCUT2D eigenvalue weighted by molar-refractivity contribution is -0.131. The minimum Gasteiger partial charge on any atom is -0.340 e. The maximum Gasteiger partial charge on any atom is 0.242 e. The van der Waals surface area contributed by atoms with Gasteiger partial charge >= 0.3 is 0 Å². The van der Waals surface area contributed by atoms with Gasteiger partial charge in [-0.1, -0.05) is 90.5 Å². The highest BCUT2D eigenvalue weighted by molar-refractivity contribution is 7.71. The Balaban J connectivity index is 1.52. The number of rotatable bonds is 9.